The molecule has 1 heterocycles. The van der Waals surface area contributed by atoms with E-state index in [4.69, 9.17) is 5.73 Å². The Morgan fingerprint density at radius 3 is 2.11 bits per heavy atom. The van der Waals surface area contributed by atoms with Crippen molar-refractivity contribution in [1.82, 2.24) is 9.97 Å². The highest BCUT2D eigenvalue weighted by Crippen LogP contribution is 2.31. The van der Waals surface area contributed by atoms with Crippen molar-refractivity contribution in [3.63, 3.8) is 0 Å². The van der Waals surface area contributed by atoms with E-state index in [9.17, 15) is 22.0 Å². The summed E-state index contributed by atoms with van der Waals surface area (Å²) < 4.78 is 64.4. The maximum atomic E-state index is 13.5. The van der Waals surface area contributed by atoms with E-state index in [1.54, 1.807) is 0 Å². The van der Waals surface area contributed by atoms with Crippen LogP contribution in [0.3, 0.4) is 0 Å². The maximum absolute atomic E-state index is 13.5. The summed E-state index contributed by atoms with van der Waals surface area (Å²) in [4.78, 5) is 6.09. The van der Waals surface area contributed by atoms with Gasteiger partial charge in [-0.2, -0.15) is 13.2 Å². The number of nitrogens with zero attached hydrogens (tertiary/aromatic N) is 2. The minimum absolute atomic E-state index is 0.528. The molecule has 0 bridgehead atoms. The average molecular weight is 275 g/mol. The number of nitrogen functional groups attached to an aromatic ring is 1. The molecule has 0 fully saturated rings. The number of anilines is 1. The number of benzene rings is 1. The van der Waals surface area contributed by atoms with Gasteiger partial charge in [-0.05, 0) is 12.1 Å². The molecule has 1 aromatic heterocycles. The molecule has 3 nitrogen and oxygen atoms in total. The van der Waals surface area contributed by atoms with E-state index < -0.39 is 40.7 Å². The Morgan fingerprint density at radius 2 is 1.58 bits per heavy atom. The fourth-order valence-electron chi connectivity index (χ4n) is 1.46. The van der Waals surface area contributed by atoms with Crippen molar-refractivity contribution in [2.75, 3.05) is 5.73 Å². The molecule has 19 heavy (non-hydrogen) atoms. The highest BCUT2D eigenvalue weighted by molar-refractivity contribution is 5.63. The lowest BCUT2D eigenvalue weighted by atomic mass is 10.1. The van der Waals surface area contributed by atoms with Gasteiger partial charge in [0.25, 0.3) is 0 Å². The Kier molecular flexibility index (Phi) is 3.09. The minimum atomic E-state index is -4.86. The van der Waals surface area contributed by atoms with Gasteiger partial charge >= 0.3 is 6.18 Å². The average Bonchev–Trinajstić information content (AvgIpc) is 2.26. The summed E-state index contributed by atoms with van der Waals surface area (Å²) in [6.45, 7) is 0. The number of nitrogens with two attached hydrogens (primary N) is 1. The lowest BCUT2D eigenvalue weighted by Gasteiger charge is -2.09. The Hall–Kier alpha value is -2.25. The quantitative estimate of drug-likeness (QED) is 0.814. The van der Waals surface area contributed by atoms with Crippen molar-refractivity contribution in [2.45, 2.75) is 6.18 Å². The van der Waals surface area contributed by atoms with Gasteiger partial charge in [0, 0.05) is 6.07 Å². The van der Waals surface area contributed by atoms with Gasteiger partial charge in [-0.1, -0.05) is 6.07 Å². The summed E-state index contributed by atoms with van der Waals surface area (Å²) in [6, 6.07) is 3.77. The van der Waals surface area contributed by atoms with Gasteiger partial charge < -0.3 is 5.73 Å². The van der Waals surface area contributed by atoms with Crippen molar-refractivity contribution in [3.8, 4) is 11.3 Å². The Bertz CT molecular complexity index is 604. The minimum Gasteiger partial charge on any atom is -0.384 e. The number of aromatic nitrogens is 2. The third-order valence-corrected chi connectivity index (χ3v) is 2.22. The van der Waals surface area contributed by atoms with Crippen LogP contribution in [0.4, 0.5) is 27.8 Å². The third-order valence-electron chi connectivity index (χ3n) is 2.22. The molecule has 0 spiro atoms. The van der Waals surface area contributed by atoms with Gasteiger partial charge in [-0.3, -0.25) is 0 Å². The van der Waals surface area contributed by atoms with Crippen LogP contribution < -0.4 is 5.73 Å². The highest BCUT2D eigenvalue weighted by atomic mass is 19.4. The van der Waals surface area contributed by atoms with Crippen LogP contribution >= 0.6 is 0 Å². The van der Waals surface area contributed by atoms with Crippen LogP contribution in [0.25, 0.3) is 11.3 Å². The largest absolute Gasteiger partial charge is 0.451 e. The lowest BCUT2D eigenvalue weighted by molar-refractivity contribution is -0.144. The zero-order valence-electron chi connectivity index (χ0n) is 9.17. The van der Waals surface area contributed by atoms with Crippen molar-refractivity contribution < 1.29 is 22.0 Å². The van der Waals surface area contributed by atoms with Crippen LogP contribution in [0.2, 0.25) is 0 Å². The van der Waals surface area contributed by atoms with E-state index in [1.807, 2.05) is 0 Å². The summed E-state index contributed by atoms with van der Waals surface area (Å²) in [5.41, 5.74) is 3.96. The molecule has 0 saturated heterocycles. The predicted molar refractivity (Wildman–Crippen MR) is 56.8 cm³/mol. The predicted octanol–water partition coefficient (Wildman–Crippen LogP) is 3.02. The molecule has 1 aromatic carbocycles. The number of halogens is 5. The zero-order valence-corrected chi connectivity index (χ0v) is 9.17. The molecule has 8 heteroatoms. The molecular weight excluding hydrogens is 269 g/mol. The van der Waals surface area contributed by atoms with E-state index in [0.717, 1.165) is 24.3 Å². The second-order valence-electron chi connectivity index (χ2n) is 3.60. The van der Waals surface area contributed by atoms with Crippen LogP contribution in [0.1, 0.15) is 5.82 Å². The van der Waals surface area contributed by atoms with E-state index in [1.165, 1.54) is 0 Å². The zero-order chi connectivity index (χ0) is 14.2. The molecule has 0 aliphatic carbocycles. The molecule has 100 valence electrons. The molecule has 0 aliphatic heterocycles. The van der Waals surface area contributed by atoms with Crippen LogP contribution in [-0.4, -0.2) is 9.97 Å². The summed E-state index contributed by atoms with van der Waals surface area (Å²) in [5, 5.41) is 0. The van der Waals surface area contributed by atoms with E-state index in [-0.39, 0.29) is 0 Å². The molecular formula is C11H6F5N3. The van der Waals surface area contributed by atoms with Crippen molar-refractivity contribution in [2.24, 2.45) is 0 Å². The first-order valence-electron chi connectivity index (χ1n) is 4.95. The molecule has 2 rings (SSSR count). The topological polar surface area (TPSA) is 51.8 Å². The van der Waals surface area contributed by atoms with Crippen molar-refractivity contribution in [3.05, 3.63) is 41.7 Å². The van der Waals surface area contributed by atoms with Crippen LogP contribution in [0.15, 0.2) is 24.3 Å². The number of hydrogen-bond acceptors (Lipinski definition) is 3. The Morgan fingerprint density at radius 1 is 1.00 bits per heavy atom. The van der Waals surface area contributed by atoms with Gasteiger partial charge in [-0.25, -0.2) is 18.7 Å². The van der Waals surface area contributed by atoms with Crippen molar-refractivity contribution in [1.29, 1.82) is 0 Å². The van der Waals surface area contributed by atoms with Crippen LogP contribution in [-0.2, 0) is 6.18 Å². The first-order valence-corrected chi connectivity index (χ1v) is 4.95. The Labute approximate surface area is 103 Å². The first kappa shape index (κ1) is 13.2. The van der Waals surface area contributed by atoms with Gasteiger partial charge in [-0.15, -0.1) is 0 Å². The molecule has 0 aliphatic rings. The second-order valence-corrected chi connectivity index (χ2v) is 3.60. The molecule has 0 amide bonds. The van der Waals surface area contributed by atoms with E-state index >= 15 is 0 Å². The normalized spacial score (nSPS) is 11.6. The maximum Gasteiger partial charge on any atom is 0.451 e. The summed E-state index contributed by atoms with van der Waals surface area (Å²) in [5.74, 6) is -4.15. The Balaban J connectivity index is 2.67. The summed E-state index contributed by atoms with van der Waals surface area (Å²) in [6.07, 6.45) is -4.86. The fourth-order valence-corrected chi connectivity index (χ4v) is 1.46. The molecule has 0 atom stereocenters. The van der Waals surface area contributed by atoms with Crippen LogP contribution in [0, 0.1) is 11.6 Å². The number of alkyl halides is 3. The van der Waals surface area contributed by atoms with E-state index in [2.05, 4.69) is 9.97 Å². The summed E-state index contributed by atoms with van der Waals surface area (Å²) >= 11 is 0. The van der Waals surface area contributed by atoms with Gasteiger partial charge in [0.1, 0.15) is 17.5 Å². The summed E-state index contributed by atoms with van der Waals surface area (Å²) in [7, 11) is 0. The van der Waals surface area contributed by atoms with Crippen molar-refractivity contribution >= 4 is 5.82 Å². The molecule has 2 aromatic rings. The molecule has 2 N–H and O–H groups in total. The lowest BCUT2D eigenvalue weighted by Crippen LogP contribution is -2.13. The van der Waals surface area contributed by atoms with Gasteiger partial charge in [0.05, 0.1) is 11.3 Å². The monoisotopic (exact) mass is 275 g/mol. The number of hydrogen-bond donors (Lipinski definition) is 1. The highest BCUT2D eigenvalue weighted by Gasteiger charge is 2.35. The smallest absolute Gasteiger partial charge is 0.384 e. The number of rotatable bonds is 1. The van der Waals surface area contributed by atoms with E-state index in [0.29, 0.717) is 0 Å². The third kappa shape index (κ3) is 2.61. The van der Waals surface area contributed by atoms with Gasteiger partial charge in [0.2, 0.25) is 5.82 Å². The molecule has 0 saturated carbocycles. The molecule has 0 radical (unpaired) electrons. The van der Waals surface area contributed by atoms with Crippen LogP contribution in [0.5, 0.6) is 0 Å². The van der Waals surface area contributed by atoms with Gasteiger partial charge in [0.15, 0.2) is 0 Å². The molecule has 0 unspecified atom stereocenters. The fraction of sp³-hybridized carbons (Fsp3) is 0.0909. The standard InChI is InChI=1S/C11H6F5N3/c12-5-2-1-3-6(13)9(5)7-4-8(17)19-10(18-7)11(14,15)16/h1-4H,(H2,17,18,19). The SMILES string of the molecule is Nc1cc(-c2c(F)cccc2F)nc(C(F)(F)F)n1. The first-order chi connectivity index (χ1) is 8.79. The second kappa shape index (κ2) is 4.45.